The number of piperidine rings is 1. The summed E-state index contributed by atoms with van der Waals surface area (Å²) in [6.07, 6.45) is 4.10. The van der Waals surface area contributed by atoms with Crippen LogP contribution in [0.1, 0.15) is 19.3 Å². The number of thiophene rings is 1. The van der Waals surface area contributed by atoms with Crippen molar-refractivity contribution in [2.24, 2.45) is 0 Å². The minimum atomic E-state index is -3.56. The number of aromatic nitrogens is 2. The highest BCUT2D eigenvalue weighted by molar-refractivity contribution is 7.89. The molecule has 1 saturated heterocycles. The van der Waals surface area contributed by atoms with Crippen molar-refractivity contribution in [3.05, 3.63) is 64.5 Å². The van der Waals surface area contributed by atoms with Gasteiger partial charge in [-0.05, 0) is 54.8 Å². The zero-order valence-electron chi connectivity index (χ0n) is 21.5. The number of fused-ring (bicyclic) bond motifs is 1. The summed E-state index contributed by atoms with van der Waals surface area (Å²) in [5, 5.41) is 4.99. The van der Waals surface area contributed by atoms with Crippen molar-refractivity contribution in [1.29, 1.82) is 0 Å². The molecule has 12 heteroatoms. The molecule has 0 spiro atoms. The lowest BCUT2D eigenvalue weighted by Gasteiger charge is -2.25. The Labute approximate surface area is 229 Å². The lowest BCUT2D eigenvalue weighted by Crippen LogP contribution is -2.35. The van der Waals surface area contributed by atoms with Crippen LogP contribution in [-0.2, 0) is 21.4 Å². The van der Waals surface area contributed by atoms with Crippen LogP contribution in [0.15, 0.2) is 63.9 Å². The van der Waals surface area contributed by atoms with E-state index in [9.17, 15) is 18.0 Å². The molecule has 2 aromatic heterocycles. The van der Waals surface area contributed by atoms with Gasteiger partial charge in [0.15, 0.2) is 11.5 Å². The lowest BCUT2D eigenvalue weighted by atomic mass is 10.1. The van der Waals surface area contributed by atoms with Gasteiger partial charge in [0, 0.05) is 29.7 Å². The summed E-state index contributed by atoms with van der Waals surface area (Å²) in [6.45, 7) is 0.786. The average Bonchev–Trinajstić information content (AvgIpc) is 3.40. The van der Waals surface area contributed by atoms with Crippen molar-refractivity contribution in [3.63, 3.8) is 0 Å². The van der Waals surface area contributed by atoms with Crippen LogP contribution in [-0.4, -0.2) is 55.5 Å². The molecule has 0 radical (unpaired) electrons. The summed E-state index contributed by atoms with van der Waals surface area (Å²) in [5.74, 6) is 0.672. The van der Waals surface area contributed by atoms with Crippen LogP contribution in [0.2, 0.25) is 0 Å². The van der Waals surface area contributed by atoms with Crippen LogP contribution in [0.4, 0.5) is 5.69 Å². The SMILES string of the molecule is COc1ccc(-c2csc3ncn(CC(=O)Nc4ccc(S(=O)(=O)N5CCCCC5)cc4)c(=O)c23)cc1OC. The molecule has 39 heavy (non-hydrogen) atoms. The number of ether oxygens (including phenoxy) is 2. The molecule has 4 aromatic rings. The molecule has 0 unspecified atom stereocenters. The van der Waals surface area contributed by atoms with E-state index in [-0.39, 0.29) is 17.0 Å². The first-order valence-corrected chi connectivity index (χ1v) is 14.7. The van der Waals surface area contributed by atoms with E-state index in [1.165, 1.54) is 38.7 Å². The number of benzene rings is 2. The number of amides is 1. The maximum absolute atomic E-state index is 13.4. The predicted molar refractivity (Wildman–Crippen MR) is 150 cm³/mol. The third-order valence-corrected chi connectivity index (χ3v) is 9.46. The summed E-state index contributed by atoms with van der Waals surface area (Å²) in [7, 11) is -0.463. The molecule has 0 atom stereocenters. The maximum atomic E-state index is 13.4. The van der Waals surface area contributed by atoms with Gasteiger partial charge in [0.2, 0.25) is 15.9 Å². The van der Waals surface area contributed by atoms with Gasteiger partial charge < -0.3 is 14.8 Å². The largest absolute Gasteiger partial charge is 0.493 e. The first-order valence-electron chi connectivity index (χ1n) is 12.4. The fraction of sp³-hybridized carbons (Fsp3) is 0.296. The second-order valence-corrected chi connectivity index (χ2v) is 11.9. The molecule has 2 aromatic carbocycles. The summed E-state index contributed by atoms with van der Waals surface area (Å²) in [5.41, 5.74) is 1.54. The number of methoxy groups -OCH3 is 2. The molecular formula is C27H28N4O6S2. The van der Waals surface area contributed by atoms with E-state index in [4.69, 9.17) is 9.47 Å². The monoisotopic (exact) mass is 568 g/mol. The minimum absolute atomic E-state index is 0.188. The standard InChI is InChI=1S/C27H28N4O6S2/c1-36-22-11-6-18(14-23(22)37-2)21-16-38-26-25(21)27(33)30(17-28-26)15-24(32)29-19-7-9-20(10-8-19)39(34,35)31-12-4-3-5-13-31/h6-11,14,16-17H,3-5,12-13,15H2,1-2H3,(H,29,32). The Bertz CT molecular complexity index is 1670. The smallest absolute Gasteiger partial charge is 0.263 e. The van der Waals surface area contributed by atoms with Gasteiger partial charge in [0.1, 0.15) is 11.4 Å². The second kappa shape index (κ2) is 11.2. The summed E-state index contributed by atoms with van der Waals surface area (Å²) in [4.78, 5) is 31.3. The van der Waals surface area contributed by atoms with Gasteiger partial charge in [-0.2, -0.15) is 4.31 Å². The molecular weight excluding hydrogens is 540 g/mol. The van der Waals surface area contributed by atoms with Crippen LogP contribution < -0.4 is 20.3 Å². The topological polar surface area (TPSA) is 120 Å². The van der Waals surface area contributed by atoms with Gasteiger partial charge in [-0.15, -0.1) is 11.3 Å². The van der Waals surface area contributed by atoms with Crippen LogP contribution >= 0.6 is 11.3 Å². The Morgan fingerprint density at radius 1 is 1.03 bits per heavy atom. The molecule has 0 saturated carbocycles. The van der Waals surface area contributed by atoms with Gasteiger partial charge in [0.25, 0.3) is 5.56 Å². The van der Waals surface area contributed by atoms with Gasteiger partial charge in [-0.1, -0.05) is 12.5 Å². The fourth-order valence-electron chi connectivity index (χ4n) is 4.62. The highest BCUT2D eigenvalue weighted by Crippen LogP contribution is 2.36. The van der Waals surface area contributed by atoms with Crippen molar-refractivity contribution in [3.8, 4) is 22.6 Å². The average molecular weight is 569 g/mol. The van der Waals surface area contributed by atoms with Crippen LogP contribution in [0.5, 0.6) is 11.5 Å². The molecule has 1 N–H and O–H groups in total. The number of hydrogen-bond donors (Lipinski definition) is 1. The van der Waals surface area contributed by atoms with E-state index in [1.54, 1.807) is 38.5 Å². The maximum Gasteiger partial charge on any atom is 0.263 e. The molecule has 0 bridgehead atoms. The Kier molecular flexibility index (Phi) is 7.69. The molecule has 3 heterocycles. The first kappa shape index (κ1) is 26.9. The molecule has 1 aliphatic heterocycles. The number of carbonyl (C=O) groups is 1. The molecule has 204 valence electrons. The van der Waals surface area contributed by atoms with Crippen LogP contribution in [0.3, 0.4) is 0 Å². The third-order valence-electron chi connectivity index (χ3n) is 6.66. The van der Waals surface area contributed by atoms with Gasteiger partial charge in [-0.3, -0.25) is 14.2 Å². The molecule has 1 amide bonds. The molecule has 10 nitrogen and oxygen atoms in total. The molecule has 1 fully saturated rings. The number of sulfonamides is 1. The minimum Gasteiger partial charge on any atom is -0.493 e. The van der Waals surface area contributed by atoms with E-state index in [0.717, 1.165) is 24.8 Å². The fourth-order valence-corrected chi connectivity index (χ4v) is 7.04. The van der Waals surface area contributed by atoms with E-state index >= 15 is 0 Å². The Hall–Kier alpha value is -3.74. The Balaban J connectivity index is 1.34. The number of nitrogens with one attached hydrogen (secondary N) is 1. The summed E-state index contributed by atoms with van der Waals surface area (Å²) in [6, 6.07) is 11.5. The van der Waals surface area contributed by atoms with Crippen molar-refractivity contribution in [1.82, 2.24) is 13.9 Å². The normalized spacial score (nSPS) is 14.3. The van der Waals surface area contributed by atoms with Crippen molar-refractivity contribution < 1.29 is 22.7 Å². The zero-order chi connectivity index (χ0) is 27.6. The molecule has 5 rings (SSSR count). The lowest BCUT2D eigenvalue weighted by molar-refractivity contribution is -0.116. The number of hydrogen-bond acceptors (Lipinski definition) is 8. The third kappa shape index (κ3) is 5.40. The van der Waals surface area contributed by atoms with Gasteiger partial charge in [0.05, 0.1) is 30.8 Å². The van der Waals surface area contributed by atoms with E-state index in [2.05, 4.69) is 10.3 Å². The number of nitrogens with zero attached hydrogens (tertiary/aromatic N) is 3. The Morgan fingerprint density at radius 3 is 2.44 bits per heavy atom. The van der Waals surface area contributed by atoms with Crippen LogP contribution in [0, 0.1) is 0 Å². The highest BCUT2D eigenvalue weighted by atomic mass is 32.2. The molecule has 0 aliphatic carbocycles. The van der Waals surface area contributed by atoms with Crippen LogP contribution in [0.25, 0.3) is 21.3 Å². The number of carbonyl (C=O) groups excluding carboxylic acids is 1. The quantitative estimate of drug-likeness (QED) is 0.342. The molecule has 1 aliphatic rings. The van der Waals surface area contributed by atoms with E-state index in [0.29, 0.717) is 46.1 Å². The summed E-state index contributed by atoms with van der Waals surface area (Å²) < 4.78 is 39.2. The number of rotatable bonds is 8. The first-order chi connectivity index (χ1) is 18.8. The Morgan fingerprint density at radius 2 is 1.74 bits per heavy atom. The van der Waals surface area contributed by atoms with Crippen molar-refractivity contribution in [2.45, 2.75) is 30.7 Å². The van der Waals surface area contributed by atoms with E-state index in [1.807, 2.05) is 11.4 Å². The van der Waals surface area contributed by atoms with Crippen molar-refractivity contribution >= 4 is 43.2 Å². The summed E-state index contributed by atoms with van der Waals surface area (Å²) >= 11 is 1.34. The van der Waals surface area contributed by atoms with Gasteiger partial charge in [-0.25, -0.2) is 13.4 Å². The van der Waals surface area contributed by atoms with E-state index < -0.39 is 15.9 Å². The zero-order valence-corrected chi connectivity index (χ0v) is 23.2. The highest BCUT2D eigenvalue weighted by Gasteiger charge is 2.25. The second-order valence-electron chi connectivity index (χ2n) is 9.11. The number of anilines is 1. The predicted octanol–water partition coefficient (Wildman–Crippen LogP) is 3.96. The van der Waals surface area contributed by atoms with Crippen molar-refractivity contribution in [2.75, 3.05) is 32.6 Å². The van der Waals surface area contributed by atoms with Gasteiger partial charge >= 0.3 is 0 Å².